The Hall–Kier alpha value is -2.50. The molecule has 1 N–H and O–H groups in total. The highest BCUT2D eigenvalue weighted by Gasteiger charge is 2.22. The molecule has 3 aromatic rings. The predicted molar refractivity (Wildman–Crippen MR) is 106 cm³/mol. The number of hydrazine groups is 1. The molecule has 0 saturated carbocycles. The predicted octanol–water partition coefficient (Wildman–Crippen LogP) is 4.61. The van der Waals surface area contributed by atoms with Gasteiger partial charge in [-0.15, -0.1) is 11.3 Å². The molecule has 132 valence electrons. The smallest absolute Gasteiger partial charge is 0.277 e. The van der Waals surface area contributed by atoms with Crippen LogP contribution < -0.4 is 5.43 Å². The summed E-state index contributed by atoms with van der Waals surface area (Å²) in [4.78, 5) is 18.4. The van der Waals surface area contributed by atoms with E-state index in [-0.39, 0.29) is 5.91 Å². The third-order valence-electron chi connectivity index (χ3n) is 4.52. The Morgan fingerprint density at radius 2 is 1.50 bits per heavy atom. The zero-order valence-corrected chi connectivity index (χ0v) is 15.3. The van der Waals surface area contributed by atoms with E-state index in [2.05, 4.69) is 5.43 Å². The first-order valence-electron chi connectivity index (χ1n) is 8.99. The molecule has 4 rings (SSSR count). The van der Waals surface area contributed by atoms with Gasteiger partial charge in [-0.25, -0.2) is 9.99 Å². The van der Waals surface area contributed by atoms with Gasteiger partial charge in [-0.05, 0) is 12.8 Å². The van der Waals surface area contributed by atoms with Crippen molar-refractivity contribution in [2.45, 2.75) is 19.3 Å². The Kier molecular flexibility index (Phi) is 5.09. The number of nitrogens with zero attached hydrogens (tertiary/aromatic N) is 2. The van der Waals surface area contributed by atoms with Crippen molar-refractivity contribution in [2.24, 2.45) is 0 Å². The van der Waals surface area contributed by atoms with Gasteiger partial charge in [-0.1, -0.05) is 67.1 Å². The van der Waals surface area contributed by atoms with Gasteiger partial charge in [0.15, 0.2) is 0 Å². The summed E-state index contributed by atoms with van der Waals surface area (Å²) in [6.07, 6.45) is 3.49. The summed E-state index contributed by atoms with van der Waals surface area (Å²) in [7, 11) is 0. The van der Waals surface area contributed by atoms with Crippen molar-refractivity contribution in [2.75, 3.05) is 13.1 Å². The summed E-state index contributed by atoms with van der Waals surface area (Å²) >= 11 is 1.45. The van der Waals surface area contributed by atoms with E-state index in [1.54, 1.807) is 0 Å². The lowest BCUT2D eigenvalue weighted by molar-refractivity contribution is 0.0755. The molecule has 2 aromatic carbocycles. The van der Waals surface area contributed by atoms with Crippen LogP contribution in [0.3, 0.4) is 0 Å². The van der Waals surface area contributed by atoms with Crippen LogP contribution in [0.1, 0.15) is 28.9 Å². The van der Waals surface area contributed by atoms with Gasteiger partial charge in [0.25, 0.3) is 5.91 Å². The molecule has 1 amide bonds. The van der Waals surface area contributed by atoms with Crippen LogP contribution in [0.2, 0.25) is 0 Å². The Bertz CT molecular complexity index is 871. The number of carbonyl (C=O) groups is 1. The highest BCUT2D eigenvalue weighted by Crippen LogP contribution is 2.33. The molecule has 0 aliphatic carbocycles. The van der Waals surface area contributed by atoms with Crippen LogP contribution in [-0.2, 0) is 0 Å². The van der Waals surface area contributed by atoms with Gasteiger partial charge in [0, 0.05) is 24.2 Å². The van der Waals surface area contributed by atoms with E-state index in [9.17, 15) is 4.79 Å². The fraction of sp³-hybridized carbons (Fsp3) is 0.238. The molecule has 1 fully saturated rings. The van der Waals surface area contributed by atoms with Gasteiger partial charge in [0.05, 0.1) is 5.69 Å². The van der Waals surface area contributed by atoms with Gasteiger partial charge in [0.1, 0.15) is 9.88 Å². The van der Waals surface area contributed by atoms with Crippen LogP contribution in [0.15, 0.2) is 60.7 Å². The van der Waals surface area contributed by atoms with Crippen molar-refractivity contribution in [3.05, 3.63) is 65.5 Å². The van der Waals surface area contributed by atoms with Crippen LogP contribution in [0.25, 0.3) is 21.8 Å². The molecule has 2 heterocycles. The third-order valence-corrected chi connectivity index (χ3v) is 5.62. The molecule has 0 unspecified atom stereocenters. The monoisotopic (exact) mass is 363 g/mol. The number of benzene rings is 2. The molecule has 5 heteroatoms. The molecule has 26 heavy (non-hydrogen) atoms. The Morgan fingerprint density at radius 1 is 0.885 bits per heavy atom. The van der Waals surface area contributed by atoms with E-state index in [1.807, 2.05) is 65.7 Å². The standard InChI is InChI=1S/C21H21N3OS/c25-20(23-24-14-8-3-9-15-24)19-18(16-10-4-1-5-11-16)22-21(26-19)17-12-6-2-7-13-17/h1-2,4-7,10-13H,3,8-9,14-15H2,(H,23,25). The van der Waals surface area contributed by atoms with Gasteiger partial charge in [0.2, 0.25) is 0 Å². The average Bonchev–Trinajstić information content (AvgIpc) is 3.16. The van der Waals surface area contributed by atoms with Gasteiger partial charge < -0.3 is 0 Å². The van der Waals surface area contributed by atoms with E-state index in [1.165, 1.54) is 17.8 Å². The lowest BCUT2D eigenvalue weighted by Crippen LogP contribution is -2.44. The Morgan fingerprint density at radius 3 is 2.15 bits per heavy atom. The zero-order chi connectivity index (χ0) is 17.8. The second-order valence-electron chi connectivity index (χ2n) is 6.42. The minimum Gasteiger partial charge on any atom is -0.284 e. The minimum atomic E-state index is -0.0644. The highest BCUT2D eigenvalue weighted by atomic mass is 32.1. The normalized spacial score (nSPS) is 14.9. The summed E-state index contributed by atoms with van der Waals surface area (Å²) < 4.78 is 0. The number of amides is 1. The van der Waals surface area contributed by atoms with Gasteiger partial charge in [-0.3, -0.25) is 10.2 Å². The molecule has 0 radical (unpaired) electrons. The molecule has 4 nitrogen and oxygen atoms in total. The summed E-state index contributed by atoms with van der Waals surface area (Å²) in [5, 5.41) is 2.90. The van der Waals surface area contributed by atoms with E-state index >= 15 is 0 Å². The Balaban J connectivity index is 1.69. The molecular weight excluding hydrogens is 342 g/mol. The van der Waals surface area contributed by atoms with E-state index in [0.29, 0.717) is 4.88 Å². The molecule has 0 atom stereocenters. The zero-order valence-electron chi connectivity index (χ0n) is 14.5. The van der Waals surface area contributed by atoms with E-state index < -0.39 is 0 Å². The fourth-order valence-electron chi connectivity index (χ4n) is 3.17. The third kappa shape index (κ3) is 3.69. The molecule has 1 aliphatic rings. The van der Waals surface area contributed by atoms with Crippen LogP contribution in [0, 0.1) is 0 Å². The number of hydrogen-bond donors (Lipinski definition) is 1. The lowest BCUT2D eigenvalue weighted by atomic mass is 10.1. The fourth-order valence-corrected chi connectivity index (χ4v) is 4.15. The van der Waals surface area contributed by atoms with E-state index in [4.69, 9.17) is 4.98 Å². The summed E-state index contributed by atoms with van der Waals surface area (Å²) in [5.74, 6) is -0.0644. The number of carbonyl (C=O) groups excluding carboxylic acids is 1. The quantitative estimate of drug-likeness (QED) is 0.736. The van der Waals surface area contributed by atoms with Gasteiger partial charge in [-0.2, -0.15) is 0 Å². The van der Waals surface area contributed by atoms with Crippen molar-refractivity contribution in [3.63, 3.8) is 0 Å². The van der Waals surface area contributed by atoms with Gasteiger partial charge >= 0.3 is 0 Å². The van der Waals surface area contributed by atoms with E-state index in [0.717, 1.165) is 47.8 Å². The van der Waals surface area contributed by atoms with Crippen molar-refractivity contribution >= 4 is 17.2 Å². The molecule has 1 aliphatic heterocycles. The lowest BCUT2D eigenvalue weighted by Gasteiger charge is -2.26. The number of thiazole rings is 1. The number of rotatable bonds is 4. The summed E-state index contributed by atoms with van der Waals surface area (Å²) in [6, 6.07) is 20.0. The number of aromatic nitrogens is 1. The van der Waals surface area contributed by atoms with Crippen LogP contribution >= 0.6 is 11.3 Å². The average molecular weight is 363 g/mol. The largest absolute Gasteiger partial charge is 0.284 e. The summed E-state index contributed by atoms with van der Waals surface area (Å²) in [6.45, 7) is 1.83. The number of piperidine rings is 1. The van der Waals surface area contributed by atoms with Crippen molar-refractivity contribution in [1.29, 1.82) is 0 Å². The second-order valence-corrected chi connectivity index (χ2v) is 7.42. The number of hydrogen-bond acceptors (Lipinski definition) is 4. The first kappa shape index (κ1) is 16.9. The van der Waals surface area contributed by atoms with Crippen LogP contribution in [0.4, 0.5) is 0 Å². The number of nitrogens with one attached hydrogen (secondary N) is 1. The Labute approximate surface area is 157 Å². The first-order valence-corrected chi connectivity index (χ1v) is 9.80. The molecule has 0 spiro atoms. The SMILES string of the molecule is O=C(NN1CCCCC1)c1sc(-c2ccccc2)nc1-c1ccccc1. The molecule has 1 saturated heterocycles. The molecule has 0 bridgehead atoms. The summed E-state index contributed by atoms with van der Waals surface area (Å²) in [5.41, 5.74) is 5.83. The topological polar surface area (TPSA) is 45.2 Å². The maximum Gasteiger partial charge on any atom is 0.277 e. The van der Waals surface area contributed by atoms with Crippen molar-refractivity contribution in [1.82, 2.24) is 15.4 Å². The molecular formula is C21H21N3OS. The van der Waals surface area contributed by atoms with Crippen molar-refractivity contribution in [3.8, 4) is 21.8 Å². The highest BCUT2D eigenvalue weighted by molar-refractivity contribution is 7.17. The second kappa shape index (κ2) is 7.81. The van der Waals surface area contributed by atoms with Crippen LogP contribution in [-0.4, -0.2) is 29.0 Å². The maximum absolute atomic E-state index is 13.0. The van der Waals surface area contributed by atoms with Crippen molar-refractivity contribution < 1.29 is 4.79 Å². The minimum absolute atomic E-state index is 0.0644. The maximum atomic E-state index is 13.0. The molecule has 1 aromatic heterocycles. The first-order chi connectivity index (χ1) is 12.8. The van der Waals surface area contributed by atoms with Crippen LogP contribution in [0.5, 0.6) is 0 Å².